The second-order valence-corrected chi connectivity index (χ2v) is 5.87. The van der Waals surface area contributed by atoms with E-state index in [9.17, 15) is 8.42 Å². The number of methoxy groups -OCH3 is 1. The van der Waals surface area contributed by atoms with Crippen molar-refractivity contribution in [2.45, 2.75) is 13.2 Å². The molecule has 0 radical (unpaired) electrons. The van der Waals surface area contributed by atoms with Crippen molar-refractivity contribution in [1.82, 2.24) is 5.32 Å². The van der Waals surface area contributed by atoms with Crippen LogP contribution >= 0.6 is 0 Å². The lowest BCUT2D eigenvalue weighted by molar-refractivity contribution is 0.162. The van der Waals surface area contributed by atoms with Crippen molar-refractivity contribution in [3.63, 3.8) is 0 Å². The predicted molar refractivity (Wildman–Crippen MR) is 60.8 cm³/mol. The Morgan fingerprint density at radius 2 is 2.06 bits per heavy atom. The molecule has 0 amide bonds. The summed E-state index contributed by atoms with van der Waals surface area (Å²) in [5, 5.41) is 3.00. The first-order valence-corrected chi connectivity index (χ1v) is 7.02. The van der Waals surface area contributed by atoms with Gasteiger partial charge in [-0.1, -0.05) is 0 Å². The van der Waals surface area contributed by atoms with Crippen LogP contribution in [0.5, 0.6) is 0 Å². The van der Waals surface area contributed by atoms with Crippen molar-refractivity contribution in [3.05, 3.63) is 23.7 Å². The first-order valence-electron chi connectivity index (χ1n) is 4.96. The minimum absolute atomic E-state index is 0.138. The first-order chi connectivity index (χ1) is 7.51. The summed E-state index contributed by atoms with van der Waals surface area (Å²) in [4.78, 5) is 0. The number of ether oxygens (including phenoxy) is 1. The molecule has 1 aromatic rings. The zero-order chi connectivity index (χ0) is 12.0. The molecule has 1 N–H and O–H groups in total. The number of nitrogens with one attached hydrogen (secondary N) is 1. The van der Waals surface area contributed by atoms with Crippen LogP contribution in [0.25, 0.3) is 0 Å². The Bertz CT molecular complexity index is 410. The molecule has 0 saturated heterocycles. The normalized spacial score (nSPS) is 11.9. The molecule has 1 rings (SSSR count). The third kappa shape index (κ3) is 5.29. The van der Waals surface area contributed by atoms with Crippen molar-refractivity contribution < 1.29 is 17.6 Å². The smallest absolute Gasteiger partial charge is 0.148 e. The third-order valence-electron chi connectivity index (χ3n) is 1.95. The summed E-state index contributed by atoms with van der Waals surface area (Å²) < 4.78 is 32.0. The number of hydrogen-bond donors (Lipinski definition) is 1. The van der Waals surface area contributed by atoms with E-state index in [1.54, 1.807) is 7.11 Å². The Hall–Kier alpha value is -0.850. The largest absolute Gasteiger partial charge is 0.462 e. The molecule has 0 aliphatic carbocycles. The summed E-state index contributed by atoms with van der Waals surface area (Å²) in [5.41, 5.74) is 0. The van der Waals surface area contributed by atoms with Crippen LogP contribution < -0.4 is 5.32 Å². The van der Waals surface area contributed by atoms with E-state index in [1.807, 2.05) is 12.1 Å². The Morgan fingerprint density at radius 3 is 2.69 bits per heavy atom. The van der Waals surface area contributed by atoms with Gasteiger partial charge in [0.25, 0.3) is 0 Å². The summed E-state index contributed by atoms with van der Waals surface area (Å²) in [6, 6.07) is 3.69. The van der Waals surface area contributed by atoms with Gasteiger partial charge in [-0.2, -0.15) is 0 Å². The maximum atomic E-state index is 10.9. The van der Waals surface area contributed by atoms with Crippen LogP contribution in [0.4, 0.5) is 0 Å². The van der Waals surface area contributed by atoms with E-state index in [1.165, 1.54) is 6.26 Å². The minimum Gasteiger partial charge on any atom is -0.462 e. The third-order valence-corrected chi connectivity index (χ3v) is 2.90. The molecule has 1 heterocycles. The SMILES string of the molecule is COCc1ccc(CNCCS(C)(=O)=O)o1. The van der Waals surface area contributed by atoms with Crippen LogP contribution in [0.2, 0.25) is 0 Å². The molecule has 0 atom stereocenters. The highest BCUT2D eigenvalue weighted by Crippen LogP contribution is 2.08. The van der Waals surface area contributed by atoms with E-state index < -0.39 is 9.84 Å². The lowest BCUT2D eigenvalue weighted by atomic mass is 10.4. The lowest BCUT2D eigenvalue weighted by Gasteiger charge is -2.01. The molecule has 0 aromatic carbocycles. The number of furan rings is 1. The van der Waals surface area contributed by atoms with E-state index in [-0.39, 0.29) is 5.75 Å². The fraction of sp³-hybridized carbons (Fsp3) is 0.600. The van der Waals surface area contributed by atoms with Gasteiger partial charge in [-0.05, 0) is 12.1 Å². The quantitative estimate of drug-likeness (QED) is 0.713. The zero-order valence-corrected chi connectivity index (χ0v) is 10.3. The Kier molecular flexibility index (Phi) is 4.98. The highest BCUT2D eigenvalue weighted by atomic mass is 32.2. The van der Waals surface area contributed by atoms with E-state index in [2.05, 4.69) is 5.32 Å². The van der Waals surface area contributed by atoms with Gasteiger partial charge in [0.2, 0.25) is 0 Å². The summed E-state index contributed by atoms with van der Waals surface area (Å²) in [6.45, 7) is 1.40. The molecular formula is C10H17NO4S. The van der Waals surface area contributed by atoms with E-state index in [4.69, 9.17) is 9.15 Å². The van der Waals surface area contributed by atoms with Gasteiger partial charge in [-0.3, -0.25) is 0 Å². The second-order valence-electron chi connectivity index (χ2n) is 3.61. The van der Waals surface area contributed by atoms with Crippen LogP contribution in [0.1, 0.15) is 11.5 Å². The molecule has 0 aliphatic heterocycles. The maximum absolute atomic E-state index is 10.9. The highest BCUT2D eigenvalue weighted by molar-refractivity contribution is 7.90. The Balaban J connectivity index is 2.26. The summed E-state index contributed by atoms with van der Waals surface area (Å²) in [5.74, 6) is 1.68. The molecule has 0 saturated carbocycles. The maximum Gasteiger partial charge on any atom is 0.148 e. The van der Waals surface area contributed by atoms with Gasteiger partial charge < -0.3 is 14.5 Å². The zero-order valence-electron chi connectivity index (χ0n) is 9.52. The first kappa shape index (κ1) is 13.2. The van der Waals surface area contributed by atoms with Gasteiger partial charge in [0.1, 0.15) is 28.0 Å². The molecule has 0 bridgehead atoms. The topological polar surface area (TPSA) is 68.5 Å². The molecule has 1 aromatic heterocycles. The second kappa shape index (κ2) is 6.03. The van der Waals surface area contributed by atoms with Crippen molar-refractivity contribution in [1.29, 1.82) is 0 Å². The fourth-order valence-corrected chi connectivity index (χ4v) is 1.72. The Morgan fingerprint density at radius 1 is 1.38 bits per heavy atom. The molecule has 92 valence electrons. The predicted octanol–water partition coefficient (Wildman–Crippen LogP) is 0.560. The minimum atomic E-state index is -2.90. The fourth-order valence-electron chi connectivity index (χ4n) is 1.21. The summed E-state index contributed by atoms with van der Waals surface area (Å²) in [7, 11) is -1.29. The van der Waals surface area contributed by atoms with Gasteiger partial charge in [-0.25, -0.2) is 8.42 Å². The van der Waals surface area contributed by atoms with Gasteiger partial charge >= 0.3 is 0 Å². The van der Waals surface area contributed by atoms with Crippen molar-refractivity contribution in [2.75, 3.05) is 25.7 Å². The monoisotopic (exact) mass is 247 g/mol. The van der Waals surface area contributed by atoms with Crippen LogP contribution in [0.3, 0.4) is 0 Å². The van der Waals surface area contributed by atoms with Crippen LogP contribution in [0.15, 0.2) is 16.5 Å². The van der Waals surface area contributed by atoms with E-state index >= 15 is 0 Å². The molecule has 0 unspecified atom stereocenters. The lowest BCUT2D eigenvalue weighted by Crippen LogP contribution is -2.21. The highest BCUT2D eigenvalue weighted by Gasteiger charge is 2.03. The average Bonchev–Trinajstić information content (AvgIpc) is 2.60. The van der Waals surface area contributed by atoms with Gasteiger partial charge in [0.05, 0.1) is 12.3 Å². The van der Waals surface area contributed by atoms with Gasteiger partial charge in [0, 0.05) is 19.9 Å². The molecular weight excluding hydrogens is 230 g/mol. The summed E-state index contributed by atoms with van der Waals surface area (Å²) >= 11 is 0. The van der Waals surface area contributed by atoms with Gasteiger partial charge in [0.15, 0.2) is 0 Å². The summed E-state index contributed by atoms with van der Waals surface area (Å²) in [6.07, 6.45) is 1.22. The number of hydrogen-bond acceptors (Lipinski definition) is 5. The number of rotatable bonds is 7. The van der Waals surface area contributed by atoms with Gasteiger partial charge in [-0.15, -0.1) is 0 Å². The molecule has 16 heavy (non-hydrogen) atoms. The molecule has 0 spiro atoms. The van der Waals surface area contributed by atoms with Crippen LogP contribution in [-0.2, 0) is 27.7 Å². The van der Waals surface area contributed by atoms with E-state index in [0.717, 1.165) is 11.5 Å². The van der Waals surface area contributed by atoms with Crippen molar-refractivity contribution >= 4 is 9.84 Å². The Labute approximate surface area is 95.7 Å². The molecule has 6 heteroatoms. The van der Waals surface area contributed by atoms with Crippen molar-refractivity contribution in [3.8, 4) is 0 Å². The van der Waals surface area contributed by atoms with Crippen molar-refractivity contribution in [2.24, 2.45) is 0 Å². The van der Waals surface area contributed by atoms with E-state index in [0.29, 0.717) is 19.7 Å². The van der Waals surface area contributed by atoms with Crippen LogP contribution in [-0.4, -0.2) is 34.1 Å². The molecule has 0 aliphatic rings. The molecule has 5 nitrogen and oxygen atoms in total. The van der Waals surface area contributed by atoms with Crippen LogP contribution in [0, 0.1) is 0 Å². The average molecular weight is 247 g/mol. The standard InChI is InChI=1S/C10H17NO4S/c1-14-8-10-4-3-9(15-10)7-11-5-6-16(2,12)13/h3-4,11H,5-8H2,1-2H3. The number of sulfone groups is 1. The molecule has 0 fully saturated rings.